The van der Waals surface area contributed by atoms with Crippen molar-refractivity contribution in [1.29, 1.82) is 0 Å². The molecule has 1 aliphatic rings. The Morgan fingerprint density at radius 2 is 1.69 bits per heavy atom. The third kappa shape index (κ3) is 5.92. The van der Waals surface area contributed by atoms with E-state index >= 15 is 0 Å². The van der Waals surface area contributed by atoms with E-state index in [2.05, 4.69) is 45.5 Å². The maximum atomic E-state index is 13.1. The molecule has 2 aromatic heterocycles. The molecule has 2 aromatic carbocycles. The van der Waals surface area contributed by atoms with E-state index in [-0.39, 0.29) is 5.91 Å². The summed E-state index contributed by atoms with van der Waals surface area (Å²) in [5.74, 6) is 0.726. The Morgan fingerprint density at radius 3 is 2.49 bits per heavy atom. The highest BCUT2D eigenvalue weighted by atomic mass is 16.1. The van der Waals surface area contributed by atoms with Crippen LogP contribution in [0.5, 0.6) is 0 Å². The van der Waals surface area contributed by atoms with E-state index in [0.717, 1.165) is 48.6 Å². The van der Waals surface area contributed by atoms with Gasteiger partial charge in [0.1, 0.15) is 0 Å². The maximum Gasteiger partial charge on any atom is 0.252 e. The van der Waals surface area contributed by atoms with Gasteiger partial charge in [-0.3, -0.25) is 9.78 Å². The van der Waals surface area contributed by atoms with Crippen LogP contribution in [0.1, 0.15) is 35.2 Å². The molecule has 1 fully saturated rings. The summed E-state index contributed by atoms with van der Waals surface area (Å²) < 4.78 is 0. The lowest BCUT2D eigenvalue weighted by molar-refractivity contribution is 0.0952. The van der Waals surface area contributed by atoms with E-state index in [4.69, 9.17) is 4.98 Å². The quantitative estimate of drug-likeness (QED) is 0.356. The molecule has 0 aliphatic carbocycles. The number of fused-ring (bicyclic) bond motifs is 1. The molecule has 1 saturated heterocycles. The molecule has 5 rings (SSSR count). The molecule has 35 heavy (non-hydrogen) atoms. The first-order chi connectivity index (χ1) is 17.3. The van der Waals surface area contributed by atoms with Crippen molar-refractivity contribution in [2.24, 2.45) is 5.92 Å². The number of hydrogen-bond donors (Lipinski definition) is 1. The zero-order valence-electron chi connectivity index (χ0n) is 20.1. The molecule has 5 heteroatoms. The standard InChI is InChI=1S/C30H32N4O/c35-30(26-22-29(28-13-6-7-16-31-28)33-27-12-5-4-11-25(26)27)32-17-8-18-34-19-14-24(15-20-34)21-23-9-2-1-3-10-23/h1-7,9-13,16,22,24H,8,14-15,17-21H2,(H,32,35). The van der Waals surface area contributed by atoms with Crippen LogP contribution in [-0.2, 0) is 6.42 Å². The van der Waals surface area contributed by atoms with Gasteiger partial charge in [0.05, 0.1) is 22.5 Å². The lowest BCUT2D eigenvalue weighted by atomic mass is 9.90. The van der Waals surface area contributed by atoms with Crippen LogP contribution in [0.25, 0.3) is 22.3 Å². The number of piperidine rings is 1. The Balaban J connectivity index is 1.14. The van der Waals surface area contributed by atoms with Crippen molar-refractivity contribution in [1.82, 2.24) is 20.2 Å². The fourth-order valence-electron chi connectivity index (χ4n) is 4.97. The molecular weight excluding hydrogens is 432 g/mol. The van der Waals surface area contributed by atoms with Gasteiger partial charge in [-0.1, -0.05) is 54.6 Å². The molecule has 0 radical (unpaired) electrons. The first-order valence-corrected chi connectivity index (χ1v) is 12.6. The average molecular weight is 465 g/mol. The van der Waals surface area contributed by atoms with Crippen LogP contribution < -0.4 is 5.32 Å². The van der Waals surface area contributed by atoms with Crippen molar-refractivity contribution in [2.75, 3.05) is 26.2 Å². The highest BCUT2D eigenvalue weighted by Crippen LogP contribution is 2.24. The van der Waals surface area contributed by atoms with Gasteiger partial charge < -0.3 is 10.2 Å². The lowest BCUT2D eigenvalue weighted by Gasteiger charge is -2.32. The number of aromatic nitrogens is 2. The molecular formula is C30H32N4O. The van der Waals surface area contributed by atoms with E-state index in [1.807, 2.05) is 48.5 Å². The highest BCUT2D eigenvalue weighted by Gasteiger charge is 2.19. The second-order valence-corrected chi connectivity index (χ2v) is 9.37. The number of amides is 1. The van der Waals surface area contributed by atoms with Crippen LogP contribution in [0.3, 0.4) is 0 Å². The molecule has 5 nitrogen and oxygen atoms in total. The van der Waals surface area contributed by atoms with Crippen molar-refractivity contribution < 1.29 is 4.79 Å². The number of carbonyl (C=O) groups is 1. The molecule has 0 unspecified atom stereocenters. The molecule has 0 atom stereocenters. The topological polar surface area (TPSA) is 58.1 Å². The zero-order valence-corrected chi connectivity index (χ0v) is 20.1. The Morgan fingerprint density at radius 1 is 0.914 bits per heavy atom. The number of nitrogens with zero attached hydrogens (tertiary/aromatic N) is 3. The maximum absolute atomic E-state index is 13.1. The van der Waals surface area contributed by atoms with Crippen LogP contribution >= 0.6 is 0 Å². The Bertz CT molecular complexity index is 1250. The molecule has 0 spiro atoms. The second kappa shape index (κ2) is 11.2. The van der Waals surface area contributed by atoms with Crippen molar-refractivity contribution in [2.45, 2.75) is 25.7 Å². The smallest absolute Gasteiger partial charge is 0.252 e. The minimum Gasteiger partial charge on any atom is -0.352 e. The molecule has 3 heterocycles. The first kappa shape index (κ1) is 23.2. The Hall–Kier alpha value is -3.57. The third-order valence-electron chi connectivity index (χ3n) is 6.90. The molecule has 4 aromatic rings. The summed E-state index contributed by atoms with van der Waals surface area (Å²) in [6.07, 6.45) is 6.38. The van der Waals surface area contributed by atoms with E-state index in [0.29, 0.717) is 17.8 Å². The summed E-state index contributed by atoms with van der Waals surface area (Å²) in [5, 5.41) is 4.00. The summed E-state index contributed by atoms with van der Waals surface area (Å²) in [6.45, 7) is 3.98. The van der Waals surface area contributed by atoms with Crippen LogP contribution in [-0.4, -0.2) is 47.0 Å². The number of rotatable bonds is 8. The normalized spacial score (nSPS) is 14.7. The highest BCUT2D eigenvalue weighted by molar-refractivity contribution is 6.07. The average Bonchev–Trinajstić information content (AvgIpc) is 2.92. The monoisotopic (exact) mass is 464 g/mol. The van der Waals surface area contributed by atoms with Gasteiger partial charge in [0.15, 0.2) is 0 Å². The fraction of sp³-hybridized carbons (Fsp3) is 0.300. The lowest BCUT2D eigenvalue weighted by Crippen LogP contribution is -2.36. The zero-order chi connectivity index (χ0) is 23.9. The van der Waals surface area contributed by atoms with Crippen molar-refractivity contribution in [3.05, 3.63) is 96.2 Å². The first-order valence-electron chi connectivity index (χ1n) is 12.6. The van der Waals surface area contributed by atoms with Crippen molar-refractivity contribution in [3.63, 3.8) is 0 Å². The van der Waals surface area contributed by atoms with Gasteiger partial charge in [-0.05, 0) is 81.1 Å². The summed E-state index contributed by atoms with van der Waals surface area (Å²) in [5.41, 5.74) is 4.39. The molecule has 1 N–H and O–H groups in total. The van der Waals surface area contributed by atoms with Gasteiger partial charge in [-0.15, -0.1) is 0 Å². The number of pyridine rings is 2. The molecule has 0 bridgehead atoms. The number of likely N-dealkylation sites (tertiary alicyclic amines) is 1. The second-order valence-electron chi connectivity index (χ2n) is 9.37. The third-order valence-corrected chi connectivity index (χ3v) is 6.90. The van der Waals surface area contributed by atoms with E-state index in [1.165, 1.54) is 24.8 Å². The molecule has 1 amide bonds. The fourth-order valence-corrected chi connectivity index (χ4v) is 4.97. The molecule has 1 aliphatic heterocycles. The minimum absolute atomic E-state index is 0.0534. The number of carbonyl (C=O) groups excluding carboxylic acids is 1. The summed E-state index contributed by atoms with van der Waals surface area (Å²) in [7, 11) is 0. The molecule has 0 saturated carbocycles. The van der Waals surface area contributed by atoms with E-state index in [1.54, 1.807) is 6.20 Å². The number of para-hydroxylation sites is 1. The minimum atomic E-state index is -0.0534. The van der Waals surface area contributed by atoms with Gasteiger partial charge in [0, 0.05) is 18.1 Å². The van der Waals surface area contributed by atoms with Crippen LogP contribution in [0, 0.1) is 5.92 Å². The van der Waals surface area contributed by atoms with Crippen molar-refractivity contribution >= 4 is 16.8 Å². The van der Waals surface area contributed by atoms with Gasteiger partial charge in [-0.25, -0.2) is 4.98 Å². The van der Waals surface area contributed by atoms with Gasteiger partial charge in [0.25, 0.3) is 5.91 Å². The summed E-state index contributed by atoms with van der Waals surface area (Å²) >= 11 is 0. The van der Waals surface area contributed by atoms with E-state index < -0.39 is 0 Å². The van der Waals surface area contributed by atoms with Gasteiger partial charge >= 0.3 is 0 Å². The summed E-state index contributed by atoms with van der Waals surface area (Å²) in [6, 6.07) is 26.2. The SMILES string of the molecule is O=C(NCCCN1CCC(Cc2ccccc2)CC1)c1cc(-c2ccccn2)nc2ccccc12. The van der Waals surface area contributed by atoms with Crippen LogP contribution in [0.4, 0.5) is 0 Å². The predicted octanol–water partition coefficient (Wildman–Crippen LogP) is 5.37. The van der Waals surface area contributed by atoms with Gasteiger partial charge in [0.2, 0.25) is 0 Å². The Kier molecular flexibility index (Phi) is 7.44. The van der Waals surface area contributed by atoms with E-state index in [9.17, 15) is 4.79 Å². The number of benzene rings is 2. The van der Waals surface area contributed by atoms with Crippen LogP contribution in [0.2, 0.25) is 0 Å². The Labute approximate surface area is 207 Å². The number of nitrogens with one attached hydrogen (secondary N) is 1. The molecule has 178 valence electrons. The van der Waals surface area contributed by atoms with Gasteiger partial charge in [-0.2, -0.15) is 0 Å². The van der Waals surface area contributed by atoms with Crippen molar-refractivity contribution in [3.8, 4) is 11.4 Å². The van der Waals surface area contributed by atoms with Crippen LogP contribution in [0.15, 0.2) is 85.1 Å². The predicted molar refractivity (Wildman–Crippen MR) is 141 cm³/mol. The number of hydrogen-bond acceptors (Lipinski definition) is 4. The summed E-state index contributed by atoms with van der Waals surface area (Å²) in [4.78, 5) is 24.8. The largest absolute Gasteiger partial charge is 0.352 e.